The Labute approximate surface area is 115 Å². The lowest BCUT2D eigenvalue weighted by Crippen LogP contribution is -2.26. The molecule has 1 heterocycles. The minimum atomic E-state index is -0.179. The molecular formula is C14H15BrN2O. The Morgan fingerprint density at radius 1 is 1.33 bits per heavy atom. The SMILES string of the molecule is CC(C)C(Br)C(=O)Nc1ccc2ncccc2c1. The summed E-state index contributed by atoms with van der Waals surface area (Å²) in [4.78, 5) is 16.0. The van der Waals surface area contributed by atoms with Gasteiger partial charge in [0, 0.05) is 17.3 Å². The number of hydrogen-bond acceptors (Lipinski definition) is 2. The molecule has 94 valence electrons. The maximum atomic E-state index is 11.9. The van der Waals surface area contributed by atoms with Crippen LogP contribution in [-0.2, 0) is 4.79 Å². The second kappa shape index (κ2) is 5.48. The van der Waals surface area contributed by atoms with Crippen LogP contribution >= 0.6 is 15.9 Å². The number of benzene rings is 1. The Hall–Kier alpha value is -1.42. The molecule has 0 radical (unpaired) electrons. The molecule has 2 rings (SSSR count). The third-order valence-corrected chi connectivity index (χ3v) is 4.18. The lowest BCUT2D eigenvalue weighted by atomic mass is 10.1. The average Bonchev–Trinajstić information content (AvgIpc) is 2.37. The van der Waals surface area contributed by atoms with Gasteiger partial charge in [0.15, 0.2) is 0 Å². The summed E-state index contributed by atoms with van der Waals surface area (Å²) in [6, 6.07) is 9.57. The number of rotatable bonds is 3. The normalized spacial score (nSPS) is 12.7. The number of carbonyl (C=O) groups excluding carboxylic acids is 1. The molecule has 0 aliphatic heterocycles. The number of pyridine rings is 1. The van der Waals surface area contributed by atoms with E-state index in [1.54, 1.807) is 6.20 Å². The number of aromatic nitrogens is 1. The van der Waals surface area contributed by atoms with E-state index in [-0.39, 0.29) is 16.7 Å². The lowest BCUT2D eigenvalue weighted by molar-refractivity contribution is -0.116. The van der Waals surface area contributed by atoms with Crippen molar-refractivity contribution < 1.29 is 4.79 Å². The molecule has 3 nitrogen and oxygen atoms in total. The van der Waals surface area contributed by atoms with Gasteiger partial charge in [-0.25, -0.2) is 0 Å². The summed E-state index contributed by atoms with van der Waals surface area (Å²) in [6.07, 6.45) is 1.76. The third kappa shape index (κ3) is 2.88. The molecule has 2 aromatic rings. The zero-order valence-electron chi connectivity index (χ0n) is 10.4. The maximum absolute atomic E-state index is 11.9. The molecule has 0 bridgehead atoms. The summed E-state index contributed by atoms with van der Waals surface area (Å²) in [5.41, 5.74) is 1.72. The van der Waals surface area contributed by atoms with Crippen molar-refractivity contribution in [2.45, 2.75) is 18.7 Å². The highest BCUT2D eigenvalue weighted by Crippen LogP contribution is 2.19. The number of alkyl halides is 1. The average molecular weight is 307 g/mol. The molecule has 0 fully saturated rings. The number of anilines is 1. The fourth-order valence-electron chi connectivity index (χ4n) is 1.67. The highest BCUT2D eigenvalue weighted by molar-refractivity contribution is 9.10. The lowest BCUT2D eigenvalue weighted by Gasteiger charge is -2.14. The largest absolute Gasteiger partial charge is 0.325 e. The first-order chi connectivity index (χ1) is 8.58. The van der Waals surface area contributed by atoms with Gasteiger partial charge in [-0.2, -0.15) is 0 Å². The fourth-order valence-corrected chi connectivity index (χ4v) is 1.78. The monoisotopic (exact) mass is 306 g/mol. The van der Waals surface area contributed by atoms with Crippen molar-refractivity contribution in [1.82, 2.24) is 4.98 Å². The number of amides is 1. The van der Waals surface area contributed by atoms with E-state index in [1.165, 1.54) is 0 Å². The number of halogens is 1. The molecular weight excluding hydrogens is 292 g/mol. The molecule has 1 unspecified atom stereocenters. The van der Waals surface area contributed by atoms with E-state index in [0.29, 0.717) is 0 Å². The first-order valence-corrected chi connectivity index (χ1v) is 6.79. The van der Waals surface area contributed by atoms with Crippen molar-refractivity contribution in [3.05, 3.63) is 36.5 Å². The van der Waals surface area contributed by atoms with Gasteiger partial charge in [0.1, 0.15) is 0 Å². The number of nitrogens with zero attached hydrogens (tertiary/aromatic N) is 1. The Morgan fingerprint density at radius 2 is 2.11 bits per heavy atom. The van der Waals surface area contributed by atoms with Gasteiger partial charge in [-0.15, -0.1) is 0 Å². The molecule has 1 amide bonds. The Bertz CT molecular complexity index is 568. The van der Waals surface area contributed by atoms with Crippen LogP contribution in [0.2, 0.25) is 0 Å². The summed E-state index contributed by atoms with van der Waals surface area (Å²) >= 11 is 3.39. The van der Waals surface area contributed by atoms with Gasteiger partial charge in [0.2, 0.25) is 5.91 Å². The van der Waals surface area contributed by atoms with E-state index in [9.17, 15) is 4.79 Å². The molecule has 0 saturated heterocycles. The number of fused-ring (bicyclic) bond motifs is 1. The van der Waals surface area contributed by atoms with Crippen LogP contribution in [0.25, 0.3) is 10.9 Å². The van der Waals surface area contributed by atoms with E-state index in [1.807, 2.05) is 44.2 Å². The van der Waals surface area contributed by atoms with Crippen LogP contribution in [0.15, 0.2) is 36.5 Å². The van der Waals surface area contributed by atoms with Crippen LogP contribution in [0.5, 0.6) is 0 Å². The number of hydrogen-bond donors (Lipinski definition) is 1. The topological polar surface area (TPSA) is 42.0 Å². The molecule has 0 spiro atoms. The summed E-state index contributed by atoms with van der Waals surface area (Å²) in [5, 5.41) is 3.92. The van der Waals surface area contributed by atoms with E-state index in [2.05, 4.69) is 26.2 Å². The van der Waals surface area contributed by atoms with Crippen LogP contribution in [-0.4, -0.2) is 15.7 Å². The van der Waals surface area contributed by atoms with Crippen molar-refractivity contribution in [2.24, 2.45) is 5.92 Å². The Morgan fingerprint density at radius 3 is 2.83 bits per heavy atom. The number of nitrogens with one attached hydrogen (secondary N) is 1. The highest BCUT2D eigenvalue weighted by Gasteiger charge is 2.18. The van der Waals surface area contributed by atoms with Gasteiger partial charge >= 0.3 is 0 Å². The summed E-state index contributed by atoms with van der Waals surface area (Å²) in [7, 11) is 0. The predicted octanol–water partition coefficient (Wildman–Crippen LogP) is 3.59. The Kier molecular flexibility index (Phi) is 3.97. The molecule has 1 atom stereocenters. The first kappa shape index (κ1) is 13.0. The van der Waals surface area contributed by atoms with Gasteiger partial charge in [-0.05, 0) is 30.2 Å². The van der Waals surface area contributed by atoms with Gasteiger partial charge < -0.3 is 5.32 Å². The first-order valence-electron chi connectivity index (χ1n) is 5.87. The standard InChI is InChI=1S/C14H15BrN2O/c1-9(2)13(15)14(18)17-11-5-6-12-10(8-11)4-3-7-16-12/h3-9,13H,1-2H3,(H,17,18). The maximum Gasteiger partial charge on any atom is 0.238 e. The second-order valence-corrected chi connectivity index (χ2v) is 5.53. The third-order valence-electron chi connectivity index (χ3n) is 2.71. The zero-order valence-corrected chi connectivity index (χ0v) is 11.9. The molecule has 0 aliphatic rings. The summed E-state index contributed by atoms with van der Waals surface area (Å²) in [5.74, 6) is 0.236. The molecule has 0 aliphatic carbocycles. The quantitative estimate of drug-likeness (QED) is 0.881. The van der Waals surface area contributed by atoms with E-state index in [0.717, 1.165) is 16.6 Å². The van der Waals surface area contributed by atoms with Crippen molar-refractivity contribution in [2.75, 3.05) is 5.32 Å². The fraction of sp³-hybridized carbons (Fsp3) is 0.286. The van der Waals surface area contributed by atoms with Gasteiger partial charge in [-0.3, -0.25) is 9.78 Å². The van der Waals surface area contributed by atoms with Gasteiger partial charge in [0.25, 0.3) is 0 Å². The summed E-state index contributed by atoms with van der Waals surface area (Å²) in [6.45, 7) is 4.01. The van der Waals surface area contributed by atoms with Gasteiger partial charge in [0.05, 0.1) is 10.3 Å². The Balaban J connectivity index is 2.19. The highest BCUT2D eigenvalue weighted by atomic mass is 79.9. The van der Waals surface area contributed by atoms with Crippen molar-refractivity contribution >= 4 is 38.4 Å². The summed E-state index contributed by atoms with van der Waals surface area (Å²) < 4.78 is 0. The van der Waals surface area contributed by atoms with Crippen LogP contribution in [0.1, 0.15) is 13.8 Å². The molecule has 0 saturated carbocycles. The van der Waals surface area contributed by atoms with E-state index in [4.69, 9.17) is 0 Å². The molecule has 1 aromatic heterocycles. The number of carbonyl (C=O) groups is 1. The van der Waals surface area contributed by atoms with Crippen LogP contribution in [0.3, 0.4) is 0 Å². The van der Waals surface area contributed by atoms with Crippen LogP contribution in [0, 0.1) is 5.92 Å². The van der Waals surface area contributed by atoms with Crippen molar-refractivity contribution in [1.29, 1.82) is 0 Å². The van der Waals surface area contributed by atoms with Crippen LogP contribution < -0.4 is 5.32 Å². The molecule has 18 heavy (non-hydrogen) atoms. The zero-order chi connectivity index (χ0) is 13.1. The van der Waals surface area contributed by atoms with E-state index >= 15 is 0 Å². The molecule has 1 N–H and O–H groups in total. The van der Waals surface area contributed by atoms with Crippen molar-refractivity contribution in [3.8, 4) is 0 Å². The van der Waals surface area contributed by atoms with Crippen molar-refractivity contribution in [3.63, 3.8) is 0 Å². The molecule has 1 aromatic carbocycles. The second-order valence-electron chi connectivity index (χ2n) is 4.55. The molecule has 4 heteroatoms. The minimum absolute atomic E-state index is 0.0201. The van der Waals surface area contributed by atoms with E-state index < -0.39 is 0 Å². The van der Waals surface area contributed by atoms with Crippen LogP contribution in [0.4, 0.5) is 5.69 Å². The van der Waals surface area contributed by atoms with Gasteiger partial charge in [-0.1, -0.05) is 35.8 Å². The predicted molar refractivity (Wildman–Crippen MR) is 77.9 cm³/mol. The minimum Gasteiger partial charge on any atom is -0.325 e. The smallest absolute Gasteiger partial charge is 0.238 e.